The number of pyridine rings is 2. The molecule has 4 heterocycles. The molecule has 2 aliphatic heterocycles. The first-order chi connectivity index (χ1) is 15.9. The van der Waals surface area contributed by atoms with E-state index in [1.54, 1.807) is 30.6 Å². The van der Waals surface area contributed by atoms with Gasteiger partial charge in [0.05, 0.1) is 40.7 Å². The molecule has 2 N–H and O–H groups in total. The van der Waals surface area contributed by atoms with Gasteiger partial charge in [-0.2, -0.15) is 13.2 Å². The summed E-state index contributed by atoms with van der Waals surface area (Å²) in [7, 11) is 1.52. The first-order valence-electron chi connectivity index (χ1n) is 9.92. The van der Waals surface area contributed by atoms with E-state index in [1.807, 2.05) is 12.1 Å². The summed E-state index contributed by atoms with van der Waals surface area (Å²) >= 11 is 0. The molecule has 0 saturated carbocycles. The van der Waals surface area contributed by atoms with Gasteiger partial charge in [0.2, 0.25) is 5.88 Å². The van der Waals surface area contributed by atoms with Crippen LogP contribution in [0.2, 0.25) is 0 Å². The van der Waals surface area contributed by atoms with Crippen molar-refractivity contribution in [2.24, 2.45) is 0 Å². The minimum atomic E-state index is -4.52. The quantitative estimate of drug-likeness (QED) is 0.627. The number of nitrogens with zero attached hydrogens (tertiary/aromatic N) is 3. The van der Waals surface area contributed by atoms with Crippen molar-refractivity contribution < 1.29 is 23.0 Å². The van der Waals surface area contributed by atoms with Gasteiger partial charge in [0.15, 0.2) is 5.88 Å². The Bertz CT molecular complexity index is 1440. The predicted octanol–water partition coefficient (Wildman–Crippen LogP) is 4.08. The Morgan fingerprint density at radius 3 is 2.67 bits per heavy atom. The highest BCUT2D eigenvalue weighted by atomic mass is 19.4. The monoisotopic (exact) mass is 450 g/mol. The Hall–Kier alpha value is -4.27. The summed E-state index contributed by atoms with van der Waals surface area (Å²) in [5.74, 6) is 0.196. The molecule has 6 nitrogen and oxygen atoms in total. The van der Waals surface area contributed by atoms with Gasteiger partial charge in [0.1, 0.15) is 0 Å². The van der Waals surface area contributed by atoms with Crippen LogP contribution < -0.4 is 25.5 Å². The van der Waals surface area contributed by atoms with Gasteiger partial charge in [-0.1, -0.05) is 6.07 Å². The standard InChI is InChI=1S/C24H17F3N4O2/c1-33-23-17(6-3-11-28-23)18-8-9-19-21(30-18)22-14(13-29-19)7-10-20(32)31(22)16-5-2-4-15(12-16)24(25,26)27/h2-13,30,32H,1H3. The van der Waals surface area contributed by atoms with Crippen LogP contribution in [0, 0.1) is 0 Å². The number of rotatable bonds is 3. The number of aliphatic hydroxyl groups excluding tert-OH is 1. The molecule has 1 aromatic carbocycles. The van der Waals surface area contributed by atoms with Crippen molar-refractivity contribution in [3.05, 3.63) is 88.5 Å². The van der Waals surface area contributed by atoms with Crippen LogP contribution in [0.5, 0.6) is 5.88 Å². The van der Waals surface area contributed by atoms with Crippen LogP contribution in [0.3, 0.4) is 0 Å². The van der Waals surface area contributed by atoms with Crippen LogP contribution in [0.1, 0.15) is 11.1 Å². The van der Waals surface area contributed by atoms with E-state index < -0.39 is 11.7 Å². The zero-order chi connectivity index (χ0) is 23.2. The summed E-state index contributed by atoms with van der Waals surface area (Å²) in [4.78, 5) is 10.0. The molecule has 0 radical (unpaired) electrons. The molecule has 33 heavy (non-hydrogen) atoms. The predicted molar refractivity (Wildman–Crippen MR) is 119 cm³/mol. The molecular formula is C24H17F3N4O2. The normalized spacial score (nSPS) is 14.6. The minimum absolute atomic E-state index is 0.165. The molecule has 0 fully saturated rings. The number of aromatic nitrogens is 2. The molecule has 0 aliphatic carbocycles. The average molecular weight is 450 g/mol. The number of ether oxygens (including phenoxy) is 1. The van der Waals surface area contributed by atoms with E-state index in [2.05, 4.69) is 15.3 Å². The summed E-state index contributed by atoms with van der Waals surface area (Å²) in [5.41, 5.74) is 1.73. The van der Waals surface area contributed by atoms with Crippen LogP contribution in [0.25, 0.3) is 17.8 Å². The molecule has 0 amide bonds. The second-order valence-corrected chi connectivity index (χ2v) is 7.33. The van der Waals surface area contributed by atoms with Gasteiger partial charge in [0, 0.05) is 23.3 Å². The van der Waals surface area contributed by atoms with Crippen LogP contribution in [-0.4, -0.2) is 22.2 Å². The molecule has 2 aliphatic rings. The lowest BCUT2D eigenvalue weighted by Gasteiger charge is -2.30. The van der Waals surface area contributed by atoms with Gasteiger partial charge in [0.25, 0.3) is 0 Å². The Morgan fingerprint density at radius 2 is 1.88 bits per heavy atom. The van der Waals surface area contributed by atoms with Gasteiger partial charge in [-0.25, -0.2) is 4.98 Å². The van der Waals surface area contributed by atoms with E-state index in [0.717, 1.165) is 12.1 Å². The van der Waals surface area contributed by atoms with E-state index in [9.17, 15) is 18.3 Å². The summed E-state index contributed by atoms with van der Waals surface area (Å²) in [6, 6.07) is 8.41. The molecule has 2 aromatic heterocycles. The van der Waals surface area contributed by atoms with Crippen LogP contribution >= 0.6 is 0 Å². The number of aliphatic hydroxyl groups is 1. The number of nitrogens with one attached hydrogen (secondary N) is 1. The van der Waals surface area contributed by atoms with Crippen molar-refractivity contribution >= 4 is 34.9 Å². The van der Waals surface area contributed by atoms with E-state index in [0.29, 0.717) is 39.1 Å². The molecule has 0 unspecified atom stereocenters. The summed E-state index contributed by atoms with van der Waals surface area (Å²) in [6.45, 7) is 0. The SMILES string of the molecule is COc1ncccc1C1=CC=c2ncc3c(c2N1)N(c1cccc(C(F)(F)F)c1)C(O)=CC=3. The maximum Gasteiger partial charge on any atom is 0.416 e. The maximum absolute atomic E-state index is 13.4. The maximum atomic E-state index is 13.4. The Labute approximate surface area is 186 Å². The second kappa shape index (κ2) is 7.70. The average Bonchev–Trinajstić information content (AvgIpc) is 2.83. The first kappa shape index (κ1) is 20.6. The fourth-order valence-electron chi connectivity index (χ4n) is 3.83. The lowest BCUT2D eigenvalue weighted by Crippen LogP contribution is -2.32. The third-order valence-electron chi connectivity index (χ3n) is 5.33. The smallest absolute Gasteiger partial charge is 0.416 e. The lowest BCUT2D eigenvalue weighted by molar-refractivity contribution is -0.137. The molecule has 0 bridgehead atoms. The third kappa shape index (κ3) is 3.57. The number of alkyl halides is 3. The molecular weight excluding hydrogens is 433 g/mol. The molecule has 5 rings (SSSR count). The van der Waals surface area contributed by atoms with Gasteiger partial charge < -0.3 is 15.2 Å². The Balaban J connectivity index is 1.67. The number of fused-ring (bicyclic) bond motifs is 3. The number of methoxy groups -OCH3 is 1. The number of hydrogen-bond acceptors (Lipinski definition) is 6. The first-order valence-corrected chi connectivity index (χ1v) is 9.92. The van der Waals surface area contributed by atoms with Crippen molar-refractivity contribution in [1.82, 2.24) is 9.97 Å². The number of anilines is 3. The van der Waals surface area contributed by atoms with Crippen molar-refractivity contribution in [3.8, 4) is 5.88 Å². The fraction of sp³-hybridized carbons (Fsp3) is 0.0833. The Kier molecular flexibility index (Phi) is 4.81. The molecule has 166 valence electrons. The zero-order valence-corrected chi connectivity index (χ0v) is 17.3. The van der Waals surface area contributed by atoms with Gasteiger partial charge in [-0.3, -0.25) is 9.88 Å². The fourth-order valence-corrected chi connectivity index (χ4v) is 3.83. The lowest BCUT2D eigenvalue weighted by atomic mass is 10.1. The molecule has 0 atom stereocenters. The van der Waals surface area contributed by atoms with Gasteiger partial charge >= 0.3 is 6.18 Å². The summed E-state index contributed by atoms with van der Waals surface area (Å²) in [5, 5.41) is 15.2. The second-order valence-electron chi connectivity index (χ2n) is 7.33. The minimum Gasteiger partial charge on any atom is -0.494 e. The van der Waals surface area contributed by atoms with Crippen LogP contribution in [0.15, 0.2) is 66.8 Å². The number of hydrogen-bond donors (Lipinski definition) is 2. The van der Waals surface area contributed by atoms with Crippen molar-refractivity contribution in [1.29, 1.82) is 0 Å². The van der Waals surface area contributed by atoms with Crippen LogP contribution in [-0.2, 0) is 6.18 Å². The number of benzene rings is 1. The van der Waals surface area contributed by atoms with Gasteiger partial charge in [-0.15, -0.1) is 0 Å². The van der Waals surface area contributed by atoms with Crippen molar-refractivity contribution in [3.63, 3.8) is 0 Å². The van der Waals surface area contributed by atoms with Crippen LogP contribution in [0.4, 0.5) is 30.2 Å². The Morgan fingerprint density at radius 1 is 1.03 bits per heavy atom. The van der Waals surface area contributed by atoms with E-state index >= 15 is 0 Å². The largest absolute Gasteiger partial charge is 0.494 e. The summed E-state index contributed by atoms with van der Waals surface area (Å²) in [6.07, 6.45) is 5.39. The van der Waals surface area contributed by atoms with E-state index in [1.165, 1.54) is 30.2 Å². The molecule has 0 spiro atoms. The third-order valence-corrected chi connectivity index (χ3v) is 5.33. The molecule has 9 heteroatoms. The topological polar surface area (TPSA) is 70.5 Å². The zero-order valence-electron chi connectivity index (χ0n) is 17.3. The van der Waals surface area contributed by atoms with E-state index in [-0.39, 0.29) is 11.6 Å². The van der Waals surface area contributed by atoms with Crippen molar-refractivity contribution in [2.75, 3.05) is 17.3 Å². The summed E-state index contributed by atoms with van der Waals surface area (Å²) < 4.78 is 45.4. The number of halogens is 3. The molecule has 0 saturated heterocycles. The highest BCUT2D eigenvalue weighted by Gasteiger charge is 2.32. The van der Waals surface area contributed by atoms with Crippen molar-refractivity contribution in [2.45, 2.75) is 6.18 Å². The highest BCUT2D eigenvalue weighted by molar-refractivity contribution is 5.93. The van der Waals surface area contributed by atoms with Gasteiger partial charge in [-0.05, 0) is 54.6 Å². The van der Waals surface area contributed by atoms with E-state index in [4.69, 9.17) is 4.74 Å². The molecule has 3 aromatic rings. The highest BCUT2D eigenvalue weighted by Crippen LogP contribution is 2.38. The number of allylic oxidation sites excluding steroid dienone is 2.